The van der Waals surface area contributed by atoms with Crippen molar-refractivity contribution in [2.75, 3.05) is 16.9 Å². The van der Waals surface area contributed by atoms with Crippen molar-refractivity contribution in [3.8, 4) is 11.5 Å². The molecule has 0 unspecified atom stereocenters. The standard InChI is InChI=1S/C18H21N7OS/c1-10-5-3-7-13(11(10)2)20-15(26)9-27-18-24-23-17(25(18)19)16-12-6-4-8-14(12)21-22-16/h3,5,7H,4,6,8-9,19H2,1-2H3,(H,20,26)(H,21,22). The summed E-state index contributed by atoms with van der Waals surface area (Å²) in [7, 11) is 0. The molecule has 1 aromatic carbocycles. The largest absolute Gasteiger partial charge is 0.335 e. The van der Waals surface area contributed by atoms with Gasteiger partial charge in [0.15, 0.2) is 0 Å². The van der Waals surface area contributed by atoms with Gasteiger partial charge in [0.25, 0.3) is 0 Å². The first-order valence-corrected chi connectivity index (χ1v) is 9.79. The van der Waals surface area contributed by atoms with Crippen LogP contribution >= 0.6 is 11.8 Å². The van der Waals surface area contributed by atoms with Crippen LogP contribution in [0.1, 0.15) is 28.8 Å². The van der Waals surface area contributed by atoms with Crippen LogP contribution in [-0.4, -0.2) is 36.7 Å². The fraction of sp³-hybridized carbons (Fsp3) is 0.333. The second-order valence-corrected chi connectivity index (χ2v) is 7.59. The minimum absolute atomic E-state index is 0.112. The maximum Gasteiger partial charge on any atom is 0.234 e. The Bertz CT molecular complexity index is 1010. The van der Waals surface area contributed by atoms with Gasteiger partial charge in [-0.25, -0.2) is 4.68 Å². The summed E-state index contributed by atoms with van der Waals surface area (Å²) in [6.45, 7) is 4.01. The molecule has 140 valence electrons. The number of hydrogen-bond donors (Lipinski definition) is 3. The molecule has 0 aliphatic heterocycles. The van der Waals surface area contributed by atoms with Gasteiger partial charge in [0, 0.05) is 16.9 Å². The molecule has 4 rings (SSSR count). The second-order valence-electron chi connectivity index (χ2n) is 6.64. The number of rotatable bonds is 5. The number of aryl methyl sites for hydroxylation is 2. The Morgan fingerprint density at radius 2 is 2.19 bits per heavy atom. The monoisotopic (exact) mass is 383 g/mol. The van der Waals surface area contributed by atoms with E-state index in [1.807, 2.05) is 32.0 Å². The van der Waals surface area contributed by atoms with Crippen LogP contribution in [0.15, 0.2) is 23.4 Å². The van der Waals surface area contributed by atoms with Crippen molar-refractivity contribution in [1.29, 1.82) is 0 Å². The molecule has 2 aromatic heterocycles. The summed E-state index contributed by atoms with van der Waals surface area (Å²) < 4.78 is 1.41. The third-order valence-electron chi connectivity index (χ3n) is 4.89. The Morgan fingerprint density at radius 1 is 1.33 bits per heavy atom. The Labute approximate surface area is 160 Å². The number of fused-ring (bicyclic) bond motifs is 1. The smallest absolute Gasteiger partial charge is 0.234 e. The van der Waals surface area contributed by atoms with Gasteiger partial charge in [-0.05, 0) is 50.3 Å². The molecule has 1 amide bonds. The lowest BCUT2D eigenvalue weighted by Crippen LogP contribution is -2.17. The van der Waals surface area contributed by atoms with Crippen LogP contribution in [0.2, 0.25) is 0 Å². The van der Waals surface area contributed by atoms with E-state index in [4.69, 9.17) is 5.84 Å². The van der Waals surface area contributed by atoms with E-state index in [9.17, 15) is 4.79 Å². The molecule has 4 N–H and O–H groups in total. The number of amides is 1. The SMILES string of the molecule is Cc1cccc(NC(=O)CSc2nnc(-c3n[nH]c4c3CCC4)n2N)c1C. The van der Waals surface area contributed by atoms with Gasteiger partial charge < -0.3 is 11.2 Å². The van der Waals surface area contributed by atoms with E-state index in [1.165, 1.54) is 22.0 Å². The summed E-state index contributed by atoms with van der Waals surface area (Å²) in [6.07, 6.45) is 3.07. The minimum Gasteiger partial charge on any atom is -0.335 e. The van der Waals surface area contributed by atoms with Crippen molar-refractivity contribution in [2.24, 2.45) is 0 Å². The molecule has 0 radical (unpaired) electrons. The van der Waals surface area contributed by atoms with Crippen molar-refractivity contribution in [2.45, 2.75) is 38.3 Å². The fourth-order valence-corrected chi connectivity index (χ4v) is 3.90. The van der Waals surface area contributed by atoms with Crippen LogP contribution < -0.4 is 11.2 Å². The van der Waals surface area contributed by atoms with Crippen molar-refractivity contribution >= 4 is 23.4 Å². The molecule has 1 aliphatic carbocycles. The molecule has 27 heavy (non-hydrogen) atoms. The van der Waals surface area contributed by atoms with Crippen LogP contribution in [-0.2, 0) is 17.6 Å². The molecule has 0 saturated carbocycles. The number of nitrogens with zero attached hydrogens (tertiary/aromatic N) is 4. The van der Waals surface area contributed by atoms with E-state index in [1.54, 1.807) is 0 Å². The molecule has 0 spiro atoms. The highest BCUT2D eigenvalue weighted by molar-refractivity contribution is 7.99. The molecule has 0 atom stereocenters. The number of carbonyl (C=O) groups is 1. The number of thioether (sulfide) groups is 1. The highest BCUT2D eigenvalue weighted by Crippen LogP contribution is 2.30. The average Bonchev–Trinajstić information content (AvgIpc) is 3.34. The van der Waals surface area contributed by atoms with Crippen molar-refractivity contribution in [3.63, 3.8) is 0 Å². The van der Waals surface area contributed by atoms with E-state index >= 15 is 0 Å². The van der Waals surface area contributed by atoms with Crippen LogP contribution in [0.3, 0.4) is 0 Å². The van der Waals surface area contributed by atoms with Gasteiger partial charge in [0.05, 0.1) is 5.75 Å². The normalized spacial score (nSPS) is 13.0. The first-order valence-electron chi connectivity index (χ1n) is 8.80. The third-order valence-corrected chi connectivity index (χ3v) is 5.84. The summed E-state index contributed by atoms with van der Waals surface area (Å²) in [5, 5.41) is 19.1. The van der Waals surface area contributed by atoms with E-state index < -0.39 is 0 Å². The summed E-state index contributed by atoms with van der Waals surface area (Å²) in [6, 6.07) is 5.84. The number of H-pyrrole nitrogens is 1. The number of hydrogen-bond acceptors (Lipinski definition) is 6. The van der Waals surface area contributed by atoms with E-state index in [2.05, 4.69) is 25.7 Å². The number of nitrogens with one attached hydrogen (secondary N) is 2. The number of nitrogens with two attached hydrogens (primary N) is 1. The van der Waals surface area contributed by atoms with Crippen LogP contribution in [0.4, 0.5) is 5.69 Å². The summed E-state index contributed by atoms with van der Waals surface area (Å²) in [5.41, 5.74) is 6.09. The number of aromatic amines is 1. The van der Waals surface area contributed by atoms with Crippen LogP contribution in [0, 0.1) is 13.8 Å². The Balaban J connectivity index is 1.44. The first kappa shape index (κ1) is 17.6. The second kappa shape index (κ2) is 7.07. The van der Waals surface area contributed by atoms with Crippen molar-refractivity contribution < 1.29 is 4.79 Å². The molecule has 0 saturated heterocycles. The minimum atomic E-state index is -0.112. The third kappa shape index (κ3) is 3.30. The van der Waals surface area contributed by atoms with Gasteiger partial charge in [0.1, 0.15) is 5.69 Å². The predicted octanol–water partition coefficient (Wildman–Crippen LogP) is 2.22. The molecular weight excluding hydrogens is 362 g/mol. The van der Waals surface area contributed by atoms with Gasteiger partial charge in [-0.15, -0.1) is 10.2 Å². The van der Waals surface area contributed by atoms with E-state index in [0.29, 0.717) is 11.0 Å². The van der Waals surface area contributed by atoms with Crippen LogP contribution in [0.5, 0.6) is 0 Å². The number of anilines is 1. The van der Waals surface area contributed by atoms with Crippen molar-refractivity contribution in [1.82, 2.24) is 25.1 Å². The summed E-state index contributed by atoms with van der Waals surface area (Å²) >= 11 is 1.25. The zero-order valence-corrected chi connectivity index (χ0v) is 16.1. The zero-order valence-electron chi connectivity index (χ0n) is 15.2. The number of carbonyl (C=O) groups excluding carboxylic acids is 1. The lowest BCUT2D eigenvalue weighted by Gasteiger charge is -2.10. The lowest BCUT2D eigenvalue weighted by molar-refractivity contribution is -0.113. The lowest BCUT2D eigenvalue weighted by atomic mass is 10.1. The molecule has 3 aromatic rings. The highest BCUT2D eigenvalue weighted by Gasteiger charge is 2.24. The van der Waals surface area contributed by atoms with E-state index in [-0.39, 0.29) is 11.7 Å². The maximum absolute atomic E-state index is 12.3. The quantitative estimate of drug-likeness (QED) is 0.460. The number of benzene rings is 1. The summed E-state index contributed by atoms with van der Waals surface area (Å²) in [5.74, 6) is 6.76. The van der Waals surface area contributed by atoms with Gasteiger partial charge in [-0.1, -0.05) is 23.9 Å². The average molecular weight is 383 g/mol. The van der Waals surface area contributed by atoms with Gasteiger partial charge in [-0.3, -0.25) is 9.89 Å². The number of nitrogen functional groups attached to an aromatic ring is 1. The van der Waals surface area contributed by atoms with Gasteiger partial charge in [-0.2, -0.15) is 5.10 Å². The molecule has 8 nitrogen and oxygen atoms in total. The van der Waals surface area contributed by atoms with Gasteiger partial charge in [0.2, 0.25) is 16.9 Å². The molecule has 2 heterocycles. The van der Waals surface area contributed by atoms with Crippen molar-refractivity contribution in [3.05, 3.63) is 40.6 Å². The predicted molar refractivity (Wildman–Crippen MR) is 105 cm³/mol. The van der Waals surface area contributed by atoms with E-state index in [0.717, 1.165) is 47.5 Å². The Morgan fingerprint density at radius 3 is 3.04 bits per heavy atom. The molecule has 1 aliphatic rings. The maximum atomic E-state index is 12.3. The molecular formula is C18H21N7OS. The fourth-order valence-electron chi connectivity index (χ4n) is 3.24. The number of aromatic nitrogens is 5. The molecule has 0 fully saturated rings. The van der Waals surface area contributed by atoms with Crippen LogP contribution in [0.25, 0.3) is 11.5 Å². The highest BCUT2D eigenvalue weighted by atomic mass is 32.2. The topological polar surface area (TPSA) is 115 Å². The Kier molecular flexibility index (Phi) is 4.61. The molecule has 0 bridgehead atoms. The Hall–Kier alpha value is -2.81. The first-order chi connectivity index (χ1) is 13.0. The zero-order chi connectivity index (χ0) is 19.0. The van der Waals surface area contributed by atoms with Gasteiger partial charge >= 0.3 is 0 Å². The summed E-state index contributed by atoms with van der Waals surface area (Å²) in [4.78, 5) is 12.3. The molecule has 9 heteroatoms.